The van der Waals surface area contributed by atoms with E-state index < -0.39 is 12.0 Å². The summed E-state index contributed by atoms with van der Waals surface area (Å²) in [5.74, 6) is -0.866. The number of hydrogen-bond donors (Lipinski definition) is 3. The maximum Gasteiger partial charge on any atom is 0.354 e. The number of hydrogen-bond acceptors (Lipinski definition) is 4. The van der Waals surface area contributed by atoms with Crippen LogP contribution in [0, 0.1) is 0 Å². The van der Waals surface area contributed by atoms with Gasteiger partial charge < -0.3 is 15.7 Å². The molecule has 1 unspecified atom stereocenters. The Morgan fingerprint density at radius 3 is 2.78 bits per heavy atom. The molecule has 1 atom stereocenters. The molecule has 18 heavy (non-hydrogen) atoms. The van der Waals surface area contributed by atoms with E-state index in [4.69, 9.17) is 5.11 Å². The normalized spacial score (nSPS) is 11.7. The lowest BCUT2D eigenvalue weighted by atomic mass is 10.3. The summed E-state index contributed by atoms with van der Waals surface area (Å²) in [6.07, 6.45) is 0.866. The van der Waals surface area contributed by atoms with Crippen molar-refractivity contribution in [2.24, 2.45) is 0 Å². The molecule has 3 N–H and O–H groups in total. The number of carbonyl (C=O) groups excluding carboxylic acids is 1. The number of anilines is 1. The molecule has 98 valence electrons. The zero-order valence-corrected chi connectivity index (χ0v) is 10.4. The van der Waals surface area contributed by atoms with Gasteiger partial charge in [0.15, 0.2) is 5.69 Å². The summed E-state index contributed by atoms with van der Waals surface area (Å²) >= 11 is 0. The van der Waals surface area contributed by atoms with E-state index in [1.807, 2.05) is 6.92 Å². The number of nitrogens with zero attached hydrogens (tertiary/aromatic N) is 1. The highest BCUT2D eigenvalue weighted by molar-refractivity contribution is 5.86. The zero-order valence-electron chi connectivity index (χ0n) is 10.4. The molecule has 0 bridgehead atoms. The first-order valence-electron chi connectivity index (χ1n) is 5.79. The molecule has 0 spiro atoms. The van der Waals surface area contributed by atoms with Gasteiger partial charge in [0.25, 0.3) is 0 Å². The van der Waals surface area contributed by atoms with E-state index >= 15 is 0 Å². The number of pyridine rings is 1. The molecule has 0 saturated carbocycles. The zero-order chi connectivity index (χ0) is 13.5. The van der Waals surface area contributed by atoms with Crippen LogP contribution in [0.25, 0.3) is 0 Å². The number of aromatic carboxylic acids is 1. The lowest BCUT2D eigenvalue weighted by Crippen LogP contribution is -2.38. The third-order valence-corrected chi connectivity index (χ3v) is 2.28. The van der Waals surface area contributed by atoms with Crippen LogP contribution in [0.3, 0.4) is 0 Å². The molecular weight excluding hydrogens is 234 g/mol. The van der Waals surface area contributed by atoms with Crippen LogP contribution < -0.4 is 10.6 Å². The summed E-state index contributed by atoms with van der Waals surface area (Å²) in [6, 6.07) is 4.13. The second-order valence-corrected chi connectivity index (χ2v) is 3.87. The van der Waals surface area contributed by atoms with Gasteiger partial charge >= 0.3 is 5.97 Å². The Morgan fingerprint density at radius 2 is 2.17 bits per heavy atom. The van der Waals surface area contributed by atoms with E-state index in [1.165, 1.54) is 6.07 Å². The summed E-state index contributed by atoms with van der Waals surface area (Å²) in [5, 5.41) is 14.4. The van der Waals surface area contributed by atoms with Crippen LogP contribution in [0.2, 0.25) is 0 Å². The van der Waals surface area contributed by atoms with Crippen molar-refractivity contribution < 1.29 is 14.7 Å². The minimum Gasteiger partial charge on any atom is -0.477 e. The Kier molecular flexibility index (Phi) is 5.10. The molecule has 1 rings (SSSR count). The molecule has 0 aliphatic heterocycles. The van der Waals surface area contributed by atoms with Crippen LogP contribution in [-0.2, 0) is 4.79 Å². The van der Waals surface area contributed by atoms with E-state index in [0.29, 0.717) is 12.4 Å². The fourth-order valence-corrected chi connectivity index (χ4v) is 1.32. The van der Waals surface area contributed by atoms with Crippen LogP contribution in [0.15, 0.2) is 18.2 Å². The maximum atomic E-state index is 11.6. The smallest absolute Gasteiger partial charge is 0.354 e. The van der Waals surface area contributed by atoms with Gasteiger partial charge in [0.2, 0.25) is 5.91 Å². The molecule has 0 saturated heterocycles. The van der Waals surface area contributed by atoms with Crippen LogP contribution in [-0.4, -0.2) is 34.6 Å². The number of carbonyl (C=O) groups is 2. The van der Waals surface area contributed by atoms with Crippen LogP contribution in [0.4, 0.5) is 5.82 Å². The van der Waals surface area contributed by atoms with Crippen LogP contribution >= 0.6 is 0 Å². The fourth-order valence-electron chi connectivity index (χ4n) is 1.32. The van der Waals surface area contributed by atoms with Gasteiger partial charge in [-0.3, -0.25) is 4.79 Å². The SMILES string of the molecule is CCCNC(=O)C(C)Nc1cccc(C(=O)O)n1. The molecule has 6 nitrogen and oxygen atoms in total. The minimum atomic E-state index is -1.10. The Balaban J connectivity index is 2.63. The van der Waals surface area contributed by atoms with Crippen molar-refractivity contribution in [1.82, 2.24) is 10.3 Å². The number of aromatic nitrogens is 1. The van der Waals surface area contributed by atoms with Crippen molar-refractivity contribution in [2.75, 3.05) is 11.9 Å². The first kappa shape index (κ1) is 14.0. The molecule has 1 aromatic rings. The number of nitrogens with one attached hydrogen (secondary N) is 2. The minimum absolute atomic E-state index is 0.0545. The molecule has 1 aromatic heterocycles. The average molecular weight is 251 g/mol. The van der Waals surface area contributed by atoms with Gasteiger partial charge in [0.1, 0.15) is 11.9 Å². The monoisotopic (exact) mass is 251 g/mol. The number of carboxylic acid groups (broad SMARTS) is 1. The molecule has 0 radical (unpaired) electrons. The number of carboxylic acids is 1. The standard InChI is InChI=1S/C12H17N3O3/c1-3-7-13-11(16)8(2)14-10-6-4-5-9(15-10)12(17)18/h4-6,8H,3,7H2,1-2H3,(H,13,16)(H,14,15)(H,17,18). The highest BCUT2D eigenvalue weighted by atomic mass is 16.4. The second kappa shape index (κ2) is 6.58. The lowest BCUT2D eigenvalue weighted by molar-refractivity contribution is -0.121. The third-order valence-electron chi connectivity index (χ3n) is 2.28. The predicted octanol–water partition coefficient (Wildman–Crippen LogP) is 1.11. The van der Waals surface area contributed by atoms with Gasteiger partial charge in [0.05, 0.1) is 0 Å². The maximum absolute atomic E-state index is 11.6. The third kappa shape index (κ3) is 4.04. The Labute approximate surface area is 105 Å². The van der Waals surface area contributed by atoms with Crippen molar-refractivity contribution in [3.63, 3.8) is 0 Å². The highest BCUT2D eigenvalue weighted by Gasteiger charge is 2.13. The molecule has 0 aliphatic carbocycles. The predicted molar refractivity (Wildman–Crippen MR) is 67.6 cm³/mol. The molecule has 0 aromatic carbocycles. The topological polar surface area (TPSA) is 91.3 Å². The highest BCUT2D eigenvalue weighted by Crippen LogP contribution is 2.06. The Hall–Kier alpha value is -2.11. The van der Waals surface area contributed by atoms with Crippen molar-refractivity contribution in [2.45, 2.75) is 26.3 Å². The summed E-state index contributed by atoms with van der Waals surface area (Å²) in [5.41, 5.74) is -0.0545. The van der Waals surface area contributed by atoms with Crippen LogP contribution in [0.5, 0.6) is 0 Å². The van der Waals surface area contributed by atoms with E-state index in [1.54, 1.807) is 19.1 Å². The van der Waals surface area contributed by atoms with E-state index in [2.05, 4.69) is 15.6 Å². The van der Waals surface area contributed by atoms with Crippen molar-refractivity contribution in [3.05, 3.63) is 23.9 Å². The Morgan fingerprint density at radius 1 is 1.44 bits per heavy atom. The Bertz CT molecular complexity index is 434. The van der Waals surface area contributed by atoms with E-state index in [-0.39, 0.29) is 11.6 Å². The summed E-state index contributed by atoms with van der Waals surface area (Å²) in [6.45, 7) is 4.28. The van der Waals surface area contributed by atoms with E-state index in [9.17, 15) is 9.59 Å². The van der Waals surface area contributed by atoms with Crippen molar-refractivity contribution in [1.29, 1.82) is 0 Å². The molecule has 0 aliphatic rings. The lowest BCUT2D eigenvalue weighted by Gasteiger charge is -2.14. The summed E-state index contributed by atoms with van der Waals surface area (Å²) < 4.78 is 0. The van der Waals surface area contributed by atoms with Gasteiger partial charge in [-0.2, -0.15) is 0 Å². The quantitative estimate of drug-likeness (QED) is 0.704. The first-order valence-corrected chi connectivity index (χ1v) is 5.79. The first-order chi connectivity index (χ1) is 8.54. The summed E-state index contributed by atoms with van der Waals surface area (Å²) in [7, 11) is 0. The number of amides is 1. The number of rotatable bonds is 6. The molecule has 1 amide bonds. The summed E-state index contributed by atoms with van der Waals surface area (Å²) in [4.78, 5) is 26.2. The average Bonchev–Trinajstić information content (AvgIpc) is 2.36. The van der Waals surface area contributed by atoms with Gasteiger partial charge in [-0.15, -0.1) is 0 Å². The van der Waals surface area contributed by atoms with Gasteiger partial charge in [-0.05, 0) is 25.5 Å². The van der Waals surface area contributed by atoms with E-state index in [0.717, 1.165) is 6.42 Å². The molecule has 6 heteroatoms. The second-order valence-electron chi connectivity index (χ2n) is 3.87. The molecule has 1 heterocycles. The molecule has 0 fully saturated rings. The largest absolute Gasteiger partial charge is 0.477 e. The van der Waals surface area contributed by atoms with Crippen molar-refractivity contribution in [3.8, 4) is 0 Å². The van der Waals surface area contributed by atoms with Crippen LogP contribution in [0.1, 0.15) is 30.8 Å². The van der Waals surface area contributed by atoms with Gasteiger partial charge in [-0.1, -0.05) is 13.0 Å². The van der Waals surface area contributed by atoms with Gasteiger partial charge in [-0.25, -0.2) is 9.78 Å². The fraction of sp³-hybridized carbons (Fsp3) is 0.417. The van der Waals surface area contributed by atoms with Gasteiger partial charge in [0, 0.05) is 6.54 Å². The van der Waals surface area contributed by atoms with Crippen molar-refractivity contribution >= 4 is 17.7 Å². The molecular formula is C12H17N3O3.